The highest BCUT2D eigenvalue weighted by molar-refractivity contribution is 7.92. The molecule has 0 atom stereocenters. The first-order valence-electron chi connectivity index (χ1n) is 8.90. The van der Waals surface area contributed by atoms with Gasteiger partial charge in [0.05, 0.1) is 22.1 Å². The first-order valence-corrected chi connectivity index (χ1v) is 10.8. The first kappa shape index (κ1) is 21.6. The van der Waals surface area contributed by atoms with E-state index >= 15 is 0 Å². The number of amides is 1. The molecule has 0 spiro atoms. The van der Waals surface area contributed by atoms with Crippen LogP contribution in [-0.2, 0) is 10.0 Å². The summed E-state index contributed by atoms with van der Waals surface area (Å²) in [5.74, 6) is -0.448. The number of hydrogen-bond donors (Lipinski definition) is 2. The number of carbonyl (C=O) groups excluding carboxylic acids is 1. The highest BCUT2D eigenvalue weighted by Crippen LogP contribution is 2.24. The van der Waals surface area contributed by atoms with Crippen molar-refractivity contribution in [3.05, 3.63) is 83.1 Å². The van der Waals surface area contributed by atoms with Crippen LogP contribution in [0.3, 0.4) is 0 Å². The molecular formula is C21H18ClFN2O4S. The monoisotopic (exact) mass is 448 g/mol. The van der Waals surface area contributed by atoms with E-state index in [0.29, 0.717) is 23.7 Å². The number of halogens is 2. The predicted octanol–water partition coefficient (Wildman–Crippen LogP) is 4.93. The second-order valence-corrected chi connectivity index (χ2v) is 8.26. The van der Waals surface area contributed by atoms with Crippen LogP contribution in [0.5, 0.6) is 5.75 Å². The van der Waals surface area contributed by atoms with E-state index in [9.17, 15) is 17.6 Å². The lowest BCUT2D eigenvalue weighted by Crippen LogP contribution is -2.16. The van der Waals surface area contributed by atoms with E-state index in [-0.39, 0.29) is 15.5 Å². The molecule has 0 aliphatic heterocycles. The molecule has 156 valence electrons. The standard InChI is InChI=1S/C21H18ClFN2O4S/c1-2-29-17-9-7-16(8-10-17)25-30(27,28)18-11-12-20(22)19(13-18)21(26)24-15-5-3-14(23)4-6-15/h3-13,25H,2H2,1H3,(H,24,26). The Bertz CT molecular complexity index is 1150. The maximum atomic E-state index is 13.0. The van der Waals surface area contributed by atoms with Crippen molar-refractivity contribution < 1.29 is 22.3 Å². The largest absolute Gasteiger partial charge is 0.494 e. The summed E-state index contributed by atoms with van der Waals surface area (Å²) in [6, 6.07) is 15.4. The van der Waals surface area contributed by atoms with Gasteiger partial charge >= 0.3 is 0 Å². The van der Waals surface area contributed by atoms with E-state index in [1.807, 2.05) is 6.92 Å². The van der Waals surface area contributed by atoms with Gasteiger partial charge in [0.2, 0.25) is 0 Å². The van der Waals surface area contributed by atoms with Crippen molar-refractivity contribution in [2.24, 2.45) is 0 Å². The van der Waals surface area contributed by atoms with Gasteiger partial charge < -0.3 is 10.1 Å². The predicted molar refractivity (Wildman–Crippen MR) is 114 cm³/mol. The first-order chi connectivity index (χ1) is 14.3. The van der Waals surface area contributed by atoms with Gasteiger partial charge in [0, 0.05) is 11.4 Å². The van der Waals surface area contributed by atoms with Crippen molar-refractivity contribution in [2.75, 3.05) is 16.6 Å². The summed E-state index contributed by atoms with van der Waals surface area (Å²) in [4.78, 5) is 12.4. The Labute approximate surface area is 178 Å². The van der Waals surface area contributed by atoms with Crippen molar-refractivity contribution in [3.8, 4) is 5.75 Å². The molecule has 0 aliphatic carbocycles. The molecule has 0 heterocycles. The van der Waals surface area contributed by atoms with Crippen LogP contribution in [0.15, 0.2) is 71.6 Å². The summed E-state index contributed by atoms with van der Waals surface area (Å²) in [6.45, 7) is 2.35. The average molecular weight is 449 g/mol. The normalized spacial score (nSPS) is 11.0. The number of nitrogens with one attached hydrogen (secondary N) is 2. The summed E-state index contributed by atoms with van der Waals surface area (Å²) in [5.41, 5.74) is 0.652. The average Bonchev–Trinajstić information content (AvgIpc) is 2.71. The lowest BCUT2D eigenvalue weighted by atomic mass is 10.2. The quantitative estimate of drug-likeness (QED) is 0.536. The van der Waals surface area contributed by atoms with Gasteiger partial charge in [0.15, 0.2) is 0 Å². The van der Waals surface area contributed by atoms with Gasteiger partial charge in [-0.1, -0.05) is 11.6 Å². The molecule has 30 heavy (non-hydrogen) atoms. The summed E-state index contributed by atoms with van der Waals surface area (Å²) in [6.07, 6.45) is 0. The topological polar surface area (TPSA) is 84.5 Å². The van der Waals surface area contributed by atoms with E-state index < -0.39 is 21.7 Å². The van der Waals surface area contributed by atoms with Crippen LogP contribution >= 0.6 is 11.6 Å². The minimum atomic E-state index is -3.97. The van der Waals surface area contributed by atoms with E-state index in [1.54, 1.807) is 24.3 Å². The number of sulfonamides is 1. The highest BCUT2D eigenvalue weighted by atomic mass is 35.5. The van der Waals surface area contributed by atoms with Gasteiger partial charge in [0.1, 0.15) is 11.6 Å². The number of rotatable bonds is 7. The van der Waals surface area contributed by atoms with Gasteiger partial charge in [-0.3, -0.25) is 9.52 Å². The van der Waals surface area contributed by atoms with Crippen LogP contribution in [0.1, 0.15) is 17.3 Å². The molecule has 1 amide bonds. The van der Waals surface area contributed by atoms with Crippen molar-refractivity contribution in [1.82, 2.24) is 0 Å². The van der Waals surface area contributed by atoms with E-state index in [4.69, 9.17) is 16.3 Å². The third-order valence-corrected chi connectivity index (χ3v) is 5.72. The Hall–Kier alpha value is -3.10. The zero-order valence-electron chi connectivity index (χ0n) is 15.9. The minimum Gasteiger partial charge on any atom is -0.494 e. The number of benzene rings is 3. The maximum absolute atomic E-state index is 13.0. The molecule has 3 rings (SSSR count). The molecule has 9 heteroatoms. The van der Waals surface area contributed by atoms with Crippen molar-refractivity contribution in [1.29, 1.82) is 0 Å². The lowest BCUT2D eigenvalue weighted by molar-refractivity contribution is 0.102. The Morgan fingerprint density at radius 3 is 2.27 bits per heavy atom. The third kappa shape index (κ3) is 5.28. The van der Waals surface area contributed by atoms with Crippen LogP contribution in [0.4, 0.5) is 15.8 Å². The number of anilines is 2. The van der Waals surface area contributed by atoms with Crippen LogP contribution in [0, 0.1) is 5.82 Å². The fraction of sp³-hybridized carbons (Fsp3) is 0.0952. The Balaban J connectivity index is 1.81. The molecule has 3 aromatic rings. The Kier molecular flexibility index (Phi) is 6.59. The van der Waals surface area contributed by atoms with Gasteiger partial charge in [-0.25, -0.2) is 12.8 Å². The second kappa shape index (κ2) is 9.15. The van der Waals surface area contributed by atoms with Gasteiger partial charge in [-0.15, -0.1) is 0 Å². The fourth-order valence-electron chi connectivity index (χ4n) is 2.58. The zero-order valence-corrected chi connectivity index (χ0v) is 17.4. The van der Waals surface area contributed by atoms with Crippen LogP contribution in [-0.4, -0.2) is 20.9 Å². The number of ether oxygens (including phenoxy) is 1. The van der Waals surface area contributed by atoms with E-state index in [2.05, 4.69) is 10.0 Å². The lowest BCUT2D eigenvalue weighted by Gasteiger charge is -2.12. The molecule has 0 saturated heterocycles. The van der Waals surface area contributed by atoms with E-state index in [0.717, 1.165) is 0 Å². The van der Waals surface area contributed by atoms with Crippen LogP contribution in [0.2, 0.25) is 5.02 Å². The van der Waals surface area contributed by atoms with Crippen molar-refractivity contribution in [3.63, 3.8) is 0 Å². The molecule has 0 bridgehead atoms. The molecule has 0 fully saturated rings. The van der Waals surface area contributed by atoms with E-state index in [1.165, 1.54) is 42.5 Å². The Morgan fingerprint density at radius 1 is 1.00 bits per heavy atom. The Morgan fingerprint density at radius 2 is 1.63 bits per heavy atom. The highest BCUT2D eigenvalue weighted by Gasteiger charge is 2.19. The molecule has 0 unspecified atom stereocenters. The SMILES string of the molecule is CCOc1ccc(NS(=O)(=O)c2ccc(Cl)c(C(=O)Nc3ccc(F)cc3)c2)cc1. The number of hydrogen-bond acceptors (Lipinski definition) is 4. The maximum Gasteiger partial charge on any atom is 0.261 e. The molecule has 0 radical (unpaired) electrons. The zero-order chi connectivity index (χ0) is 21.7. The van der Waals surface area contributed by atoms with Gasteiger partial charge in [0.25, 0.3) is 15.9 Å². The fourth-order valence-corrected chi connectivity index (χ4v) is 3.86. The smallest absolute Gasteiger partial charge is 0.261 e. The van der Waals surface area contributed by atoms with Crippen LogP contribution in [0.25, 0.3) is 0 Å². The summed E-state index contributed by atoms with van der Waals surface area (Å²) < 4.78 is 46.3. The molecule has 0 aliphatic rings. The minimum absolute atomic E-state index is 0.0319. The summed E-state index contributed by atoms with van der Waals surface area (Å²) >= 11 is 6.09. The molecular weight excluding hydrogens is 431 g/mol. The molecule has 3 aromatic carbocycles. The van der Waals surface area contributed by atoms with Gasteiger partial charge in [-0.2, -0.15) is 0 Å². The molecule has 2 N–H and O–H groups in total. The molecule has 0 saturated carbocycles. The molecule has 6 nitrogen and oxygen atoms in total. The van der Waals surface area contributed by atoms with Crippen molar-refractivity contribution >= 4 is 38.9 Å². The van der Waals surface area contributed by atoms with Crippen molar-refractivity contribution in [2.45, 2.75) is 11.8 Å². The molecule has 0 aromatic heterocycles. The number of carbonyl (C=O) groups is 1. The third-order valence-electron chi connectivity index (χ3n) is 4.01. The van der Waals surface area contributed by atoms with Crippen LogP contribution < -0.4 is 14.8 Å². The summed E-state index contributed by atoms with van der Waals surface area (Å²) in [5, 5.41) is 2.63. The summed E-state index contributed by atoms with van der Waals surface area (Å²) in [7, 11) is -3.97. The second-order valence-electron chi connectivity index (χ2n) is 6.17. The van der Waals surface area contributed by atoms with Gasteiger partial charge in [-0.05, 0) is 73.7 Å².